The summed E-state index contributed by atoms with van der Waals surface area (Å²) in [4.78, 5) is 2.34. The molecule has 0 aromatic heterocycles. The summed E-state index contributed by atoms with van der Waals surface area (Å²) in [5.41, 5.74) is 1.29. The van der Waals surface area contributed by atoms with Crippen LogP contribution in [0.15, 0.2) is 56.7 Å². The summed E-state index contributed by atoms with van der Waals surface area (Å²) >= 11 is 11.4. The molecule has 2 aromatic rings. The highest BCUT2D eigenvalue weighted by Gasteiger charge is 2.08. The number of halogens is 2. The van der Waals surface area contributed by atoms with Crippen LogP contribution in [-0.2, 0) is 0 Å². The first-order valence-electron chi connectivity index (χ1n) is 6.56. The normalized spacial score (nSPS) is 12.4. The van der Waals surface area contributed by atoms with Gasteiger partial charge in [0.1, 0.15) is 0 Å². The van der Waals surface area contributed by atoms with E-state index in [-0.39, 0.29) is 0 Å². The SMILES string of the molecule is CCNC(C)c1ccc(Sc2cccc(Cl)c2)c(Br)c1. The first kappa shape index (κ1) is 15.9. The average molecular weight is 371 g/mol. The molecule has 1 N–H and O–H groups in total. The van der Waals surface area contributed by atoms with Crippen molar-refractivity contribution in [1.29, 1.82) is 0 Å². The Morgan fingerprint density at radius 2 is 2.05 bits per heavy atom. The van der Waals surface area contributed by atoms with E-state index in [2.05, 4.69) is 59.4 Å². The molecule has 0 bridgehead atoms. The van der Waals surface area contributed by atoms with E-state index in [4.69, 9.17) is 11.6 Å². The van der Waals surface area contributed by atoms with Crippen LogP contribution in [0, 0.1) is 0 Å². The average Bonchev–Trinajstić information content (AvgIpc) is 2.41. The number of hydrogen-bond donors (Lipinski definition) is 1. The van der Waals surface area contributed by atoms with Crippen LogP contribution in [0.5, 0.6) is 0 Å². The lowest BCUT2D eigenvalue weighted by molar-refractivity contribution is 0.597. The molecule has 0 aliphatic rings. The molecule has 2 aromatic carbocycles. The largest absolute Gasteiger partial charge is 0.310 e. The van der Waals surface area contributed by atoms with Gasteiger partial charge in [-0.05, 0) is 65.3 Å². The second-order valence-corrected chi connectivity index (χ2v) is 6.93. The summed E-state index contributed by atoms with van der Waals surface area (Å²) in [6, 6.07) is 14.8. The van der Waals surface area contributed by atoms with Crippen LogP contribution in [0.3, 0.4) is 0 Å². The molecule has 106 valence electrons. The van der Waals surface area contributed by atoms with Crippen molar-refractivity contribution in [2.24, 2.45) is 0 Å². The van der Waals surface area contributed by atoms with Gasteiger partial charge in [0.25, 0.3) is 0 Å². The van der Waals surface area contributed by atoms with E-state index in [9.17, 15) is 0 Å². The minimum absolute atomic E-state index is 0.363. The maximum absolute atomic E-state index is 6.02. The van der Waals surface area contributed by atoms with E-state index in [1.165, 1.54) is 10.5 Å². The number of rotatable bonds is 5. The van der Waals surface area contributed by atoms with Crippen molar-refractivity contribution < 1.29 is 0 Å². The van der Waals surface area contributed by atoms with Gasteiger partial charge in [-0.15, -0.1) is 0 Å². The third-order valence-electron chi connectivity index (χ3n) is 2.99. The molecule has 0 amide bonds. The molecule has 0 radical (unpaired) electrons. The van der Waals surface area contributed by atoms with E-state index < -0.39 is 0 Å². The first-order valence-corrected chi connectivity index (χ1v) is 8.55. The molecular formula is C16H17BrClNS. The zero-order valence-electron chi connectivity index (χ0n) is 11.5. The molecule has 1 atom stereocenters. The minimum Gasteiger partial charge on any atom is -0.310 e. The molecule has 4 heteroatoms. The molecule has 2 rings (SSSR count). The Hall–Kier alpha value is -0.480. The lowest BCUT2D eigenvalue weighted by Gasteiger charge is -2.14. The highest BCUT2D eigenvalue weighted by atomic mass is 79.9. The highest BCUT2D eigenvalue weighted by Crippen LogP contribution is 2.35. The number of benzene rings is 2. The monoisotopic (exact) mass is 369 g/mol. The fourth-order valence-corrected chi connectivity index (χ4v) is 3.72. The number of hydrogen-bond acceptors (Lipinski definition) is 2. The van der Waals surface area contributed by atoms with E-state index in [1.54, 1.807) is 11.8 Å². The molecule has 0 aliphatic carbocycles. The van der Waals surface area contributed by atoms with Crippen molar-refractivity contribution in [3.63, 3.8) is 0 Å². The summed E-state index contributed by atoms with van der Waals surface area (Å²) in [7, 11) is 0. The standard InChI is InChI=1S/C16H17BrClNS/c1-3-19-11(2)12-7-8-16(15(17)9-12)20-14-6-4-5-13(18)10-14/h4-11,19H,3H2,1-2H3. The molecule has 0 fully saturated rings. The molecule has 0 aliphatic heterocycles. The second-order valence-electron chi connectivity index (χ2n) is 4.53. The van der Waals surface area contributed by atoms with E-state index in [0.29, 0.717) is 6.04 Å². The first-order chi connectivity index (χ1) is 9.60. The summed E-state index contributed by atoms with van der Waals surface area (Å²) in [6.45, 7) is 5.27. The zero-order chi connectivity index (χ0) is 14.5. The smallest absolute Gasteiger partial charge is 0.0417 e. The maximum Gasteiger partial charge on any atom is 0.0417 e. The summed E-state index contributed by atoms with van der Waals surface area (Å²) in [5.74, 6) is 0. The van der Waals surface area contributed by atoms with Crippen LogP contribution in [0.4, 0.5) is 0 Å². The Balaban J connectivity index is 2.17. The van der Waals surface area contributed by atoms with Gasteiger partial charge < -0.3 is 5.32 Å². The third kappa shape index (κ3) is 4.26. The molecular weight excluding hydrogens is 354 g/mol. The fourth-order valence-electron chi connectivity index (χ4n) is 1.95. The third-order valence-corrected chi connectivity index (χ3v) is 5.21. The van der Waals surface area contributed by atoms with Gasteiger partial charge in [0.2, 0.25) is 0 Å². The summed E-state index contributed by atoms with van der Waals surface area (Å²) in [6.07, 6.45) is 0. The van der Waals surface area contributed by atoms with Crippen molar-refractivity contribution in [1.82, 2.24) is 5.32 Å². The topological polar surface area (TPSA) is 12.0 Å². The van der Waals surface area contributed by atoms with E-state index in [1.807, 2.05) is 18.2 Å². The van der Waals surface area contributed by atoms with Gasteiger partial charge >= 0.3 is 0 Å². The minimum atomic E-state index is 0.363. The van der Waals surface area contributed by atoms with Gasteiger partial charge in [0, 0.05) is 25.3 Å². The van der Waals surface area contributed by atoms with E-state index in [0.717, 1.165) is 20.9 Å². The summed E-state index contributed by atoms with van der Waals surface area (Å²) < 4.78 is 1.12. The Labute approximate surface area is 138 Å². The Morgan fingerprint density at radius 1 is 1.25 bits per heavy atom. The van der Waals surface area contributed by atoms with Crippen molar-refractivity contribution in [2.45, 2.75) is 29.7 Å². The molecule has 0 saturated carbocycles. The zero-order valence-corrected chi connectivity index (χ0v) is 14.6. The van der Waals surface area contributed by atoms with Gasteiger partial charge in [-0.1, -0.05) is 42.4 Å². The quantitative estimate of drug-likeness (QED) is 0.700. The van der Waals surface area contributed by atoms with Crippen LogP contribution in [0.25, 0.3) is 0 Å². The predicted molar refractivity (Wildman–Crippen MR) is 91.8 cm³/mol. The summed E-state index contributed by atoms with van der Waals surface area (Å²) in [5, 5.41) is 4.19. The van der Waals surface area contributed by atoms with Gasteiger partial charge in [0.05, 0.1) is 0 Å². The van der Waals surface area contributed by atoms with Gasteiger partial charge in [0.15, 0.2) is 0 Å². The molecule has 0 spiro atoms. The predicted octanol–water partition coefficient (Wildman–Crippen LogP) is 5.92. The van der Waals surface area contributed by atoms with Crippen LogP contribution >= 0.6 is 39.3 Å². The van der Waals surface area contributed by atoms with Gasteiger partial charge in [-0.25, -0.2) is 0 Å². The van der Waals surface area contributed by atoms with Crippen LogP contribution in [0.2, 0.25) is 5.02 Å². The highest BCUT2D eigenvalue weighted by molar-refractivity contribution is 9.10. The fraction of sp³-hybridized carbons (Fsp3) is 0.250. The lowest BCUT2D eigenvalue weighted by Crippen LogP contribution is -2.17. The number of nitrogens with one attached hydrogen (secondary N) is 1. The maximum atomic E-state index is 6.02. The Kier molecular flexibility index (Phi) is 5.97. The molecule has 20 heavy (non-hydrogen) atoms. The van der Waals surface area contributed by atoms with Crippen LogP contribution in [-0.4, -0.2) is 6.54 Å². The van der Waals surface area contributed by atoms with Gasteiger partial charge in [-0.3, -0.25) is 0 Å². The van der Waals surface area contributed by atoms with Crippen LogP contribution in [0.1, 0.15) is 25.5 Å². The van der Waals surface area contributed by atoms with Crippen LogP contribution < -0.4 is 5.32 Å². The lowest BCUT2D eigenvalue weighted by atomic mass is 10.1. The Morgan fingerprint density at radius 3 is 2.70 bits per heavy atom. The van der Waals surface area contributed by atoms with E-state index >= 15 is 0 Å². The second kappa shape index (κ2) is 7.51. The van der Waals surface area contributed by atoms with Crippen molar-refractivity contribution in [2.75, 3.05) is 6.54 Å². The molecule has 0 heterocycles. The van der Waals surface area contributed by atoms with Crippen molar-refractivity contribution in [3.05, 3.63) is 57.5 Å². The molecule has 1 unspecified atom stereocenters. The van der Waals surface area contributed by atoms with Crippen molar-refractivity contribution >= 4 is 39.3 Å². The Bertz CT molecular complexity index is 588. The molecule has 1 nitrogen and oxygen atoms in total. The van der Waals surface area contributed by atoms with Crippen molar-refractivity contribution in [3.8, 4) is 0 Å². The molecule has 0 saturated heterocycles. The van der Waals surface area contributed by atoms with Gasteiger partial charge in [-0.2, -0.15) is 0 Å².